The maximum Gasteiger partial charge on any atom is 0.350 e. The second kappa shape index (κ2) is 4.61. The Morgan fingerprint density at radius 3 is 2.69 bits per heavy atom. The van der Waals surface area contributed by atoms with Crippen molar-refractivity contribution in [2.75, 3.05) is 0 Å². The molecule has 0 spiro atoms. The Morgan fingerprint density at radius 1 is 1.25 bits per heavy atom. The van der Waals surface area contributed by atoms with Gasteiger partial charge < -0.3 is 9.30 Å². The molecule has 0 radical (unpaired) electrons. The minimum absolute atomic E-state index is 0.314. The van der Waals surface area contributed by atoms with E-state index in [9.17, 15) is 4.79 Å². The summed E-state index contributed by atoms with van der Waals surface area (Å²) in [6.45, 7) is 0.418. The zero-order chi connectivity index (χ0) is 11.4. The normalized spacial score (nSPS) is 10.1. The van der Waals surface area contributed by atoms with E-state index in [2.05, 4.69) is 4.98 Å². The number of aryl methyl sites for hydroxylation is 1. The molecule has 0 unspecified atom stereocenters. The van der Waals surface area contributed by atoms with Crippen LogP contribution in [0.4, 0.5) is 0 Å². The largest absolute Gasteiger partial charge is 0.473 e. The van der Waals surface area contributed by atoms with Crippen LogP contribution in [0.15, 0.2) is 47.4 Å². The lowest BCUT2D eigenvalue weighted by atomic mass is 10.2. The zero-order valence-corrected chi connectivity index (χ0v) is 8.96. The van der Waals surface area contributed by atoms with E-state index in [-0.39, 0.29) is 5.69 Å². The third-order valence-electron chi connectivity index (χ3n) is 2.18. The van der Waals surface area contributed by atoms with E-state index in [1.807, 2.05) is 30.3 Å². The minimum Gasteiger partial charge on any atom is -0.473 e. The number of ether oxygens (including phenoxy) is 1. The number of hydrogen-bond acceptors (Lipinski definition) is 3. The number of rotatable bonds is 3. The van der Waals surface area contributed by atoms with Crippen LogP contribution in [0.1, 0.15) is 5.56 Å². The van der Waals surface area contributed by atoms with Crippen LogP contribution in [0.3, 0.4) is 0 Å². The molecule has 2 rings (SSSR count). The molecule has 0 saturated carbocycles. The fraction of sp³-hybridized carbons (Fsp3) is 0.167. The summed E-state index contributed by atoms with van der Waals surface area (Å²) in [5, 5.41) is 0. The molecule has 4 nitrogen and oxygen atoms in total. The standard InChI is InChI=1S/C12H12N2O2/c1-14-8-7-11(13-12(14)15)16-9-10-5-3-2-4-6-10/h2-8H,9H2,1H3. The second-order valence-electron chi connectivity index (χ2n) is 3.43. The predicted octanol–water partition coefficient (Wildman–Crippen LogP) is 1.36. The summed E-state index contributed by atoms with van der Waals surface area (Å²) in [5.74, 6) is 0.354. The summed E-state index contributed by atoms with van der Waals surface area (Å²) in [7, 11) is 1.65. The molecule has 0 saturated heterocycles. The van der Waals surface area contributed by atoms with Gasteiger partial charge in [0.15, 0.2) is 0 Å². The minimum atomic E-state index is -0.314. The molecule has 1 heterocycles. The SMILES string of the molecule is Cn1ccc(OCc2ccccc2)nc1=O. The third kappa shape index (κ3) is 2.48. The van der Waals surface area contributed by atoms with Crippen molar-refractivity contribution in [2.45, 2.75) is 6.61 Å². The molecular weight excluding hydrogens is 204 g/mol. The van der Waals surface area contributed by atoms with E-state index in [4.69, 9.17) is 4.74 Å². The average Bonchev–Trinajstić information content (AvgIpc) is 2.32. The summed E-state index contributed by atoms with van der Waals surface area (Å²) in [5.41, 5.74) is 0.732. The number of aromatic nitrogens is 2. The summed E-state index contributed by atoms with van der Waals surface area (Å²) in [6.07, 6.45) is 1.63. The summed E-state index contributed by atoms with van der Waals surface area (Å²) < 4.78 is 6.80. The maximum absolute atomic E-state index is 11.2. The van der Waals surface area contributed by atoms with Crippen LogP contribution in [0.25, 0.3) is 0 Å². The molecule has 0 fully saturated rings. The molecular formula is C12H12N2O2. The Bertz CT molecular complexity index is 520. The first-order valence-corrected chi connectivity index (χ1v) is 4.96. The van der Waals surface area contributed by atoms with Crippen molar-refractivity contribution in [1.82, 2.24) is 9.55 Å². The van der Waals surface area contributed by atoms with E-state index in [1.165, 1.54) is 4.57 Å². The van der Waals surface area contributed by atoms with Crippen molar-refractivity contribution in [3.8, 4) is 5.88 Å². The molecule has 0 atom stereocenters. The van der Waals surface area contributed by atoms with Crippen LogP contribution in [-0.4, -0.2) is 9.55 Å². The maximum atomic E-state index is 11.2. The Hall–Kier alpha value is -2.10. The van der Waals surface area contributed by atoms with E-state index >= 15 is 0 Å². The van der Waals surface area contributed by atoms with E-state index in [0.717, 1.165) is 5.56 Å². The molecule has 0 aliphatic heterocycles. The number of nitrogens with zero attached hydrogens (tertiary/aromatic N) is 2. The zero-order valence-electron chi connectivity index (χ0n) is 8.96. The molecule has 2 aromatic rings. The fourth-order valence-electron chi connectivity index (χ4n) is 1.26. The lowest BCUT2D eigenvalue weighted by Gasteiger charge is -2.05. The Kier molecular flexibility index (Phi) is 3.00. The molecule has 0 bridgehead atoms. The van der Waals surface area contributed by atoms with Gasteiger partial charge in [-0.2, -0.15) is 4.98 Å². The van der Waals surface area contributed by atoms with Crippen molar-refractivity contribution < 1.29 is 4.74 Å². The van der Waals surface area contributed by atoms with E-state index in [0.29, 0.717) is 12.5 Å². The molecule has 1 aromatic carbocycles. The smallest absolute Gasteiger partial charge is 0.350 e. The van der Waals surface area contributed by atoms with E-state index in [1.54, 1.807) is 19.3 Å². The Labute approximate surface area is 93.1 Å². The van der Waals surface area contributed by atoms with Gasteiger partial charge in [-0.1, -0.05) is 30.3 Å². The third-order valence-corrected chi connectivity index (χ3v) is 2.18. The molecule has 1 aromatic heterocycles. The van der Waals surface area contributed by atoms with Crippen molar-refractivity contribution in [3.05, 3.63) is 58.6 Å². The van der Waals surface area contributed by atoms with Crippen LogP contribution >= 0.6 is 0 Å². The average molecular weight is 216 g/mol. The summed E-state index contributed by atoms with van der Waals surface area (Å²) in [4.78, 5) is 15.0. The van der Waals surface area contributed by atoms with Gasteiger partial charge in [-0.25, -0.2) is 4.79 Å². The van der Waals surface area contributed by atoms with Gasteiger partial charge in [0.1, 0.15) is 6.61 Å². The topological polar surface area (TPSA) is 44.1 Å². The van der Waals surface area contributed by atoms with Crippen LogP contribution < -0.4 is 10.4 Å². The van der Waals surface area contributed by atoms with Gasteiger partial charge >= 0.3 is 5.69 Å². The number of hydrogen-bond donors (Lipinski definition) is 0. The number of benzene rings is 1. The van der Waals surface area contributed by atoms with Crippen molar-refractivity contribution in [2.24, 2.45) is 7.05 Å². The molecule has 0 amide bonds. The monoisotopic (exact) mass is 216 g/mol. The van der Waals surface area contributed by atoms with Crippen LogP contribution in [0.2, 0.25) is 0 Å². The molecule has 0 aliphatic carbocycles. The highest BCUT2D eigenvalue weighted by atomic mass is 16.5. The van der Waals surface area contributed by atoms with Gasteiger partial charge in [-0.05, 0) is 5.56 Å². The van der Waals surface area contributed by atoms with Gasteiger partial charge in [0.2, 0.25) is 5.88 Å². The van der Waals surface area contributed by atoms with Crippen molar-refractivity contribution in [1.29, 1.82) is 0 Å². The van der Waals surface area contributed by atoms with Gasteiger partial charge in [0.05, 0.1) is 0 Å². The van der Waals surface area contributed by atoms with Crippen molar-refractivity contribution in [3.63, 3.8) is 0 Å². The molecule has 16 heavy (non-hydrogen) atoms. The van der Waals surface area contributed by atoms with Gasteiger partial charge in [0.25, 0.3) is 0 Å². The Balaban J connectivity index is 2.05. The first kappa shape index (κ1) is 10.4. The van der Waals surface area contributed by atoms with Gasteiger partial charge in [-0.3, -0.25) is 0 Å². The quantitative estimate of drug-likeness (QED) is 0.778. The second-order valence-corrected chi connectivity index (χ2v) is 3.43. The van der Waals surface area contributed by atoms with E-state index < -0.39 is 0 Å². The first-order valence-electron chi connectivity index (χ1n) is 4.96. The molecule has 0 N–H and O–H groups in total. The first-order chi connectivity index (χ1) is 7.75. The lowest BCUT2D eigenvalue weighted by molar-refractivity contribution is 0.291. The highest BCUT2D eigenvalue weighted by Gasteiger charge is 1.98. The van der Waals surface area contributed by atoms with Crippen LogP contribution in [0.5, 0.6) is 5.88 Å². The van der Waals surface area contributed by atoms with Crippen LogP contribution in [0, 0.1) is 0 Å². The molecule has 4 heteroatoms. The summed E-state index contributed by atoms with van der Waals surface area (Å²) >= 11 is 0. The van der Waals surface area contributed by atoms with Crippen LogP contribution in [-0.2, 0) is 13.7 Å². The van der Waals surface area contributed by atoms with Gasteiger partial charge in [0, 0.05) is 19.3 Å². The summed E-state index contributed by atoms with van der Waals surface area (Å²) in [6, 6.07) is 11.4. The fourth-order valence-corrected chi connectivity index (χ4v) is 1.26. The predicted molar refractivity (Wildman–Crippen MR) is 60.3 cm³/mol. The Morgan fingerprint density at radius 2 is 2.00 bits per heavy atom. The van der Waals surface area contributed by atoms with Gasteiger partial charge in [-0.15, -0.1) is 0 Å². The molecule has 82 valence electrons. The lowest BCUT2D eigenvalue weighted by Crippen LogP contribution is -2.19. The molecule has 0 aliphatic rings. The highest BCUT2D eigenvalue weighted by molar-refractivity contribution is 5.15. The van der Waals surface area contributed by atoms with Crippen molar-refractivity contribution >= 4 is 0 Å². The highest BCUT2D eigenvalue weighted by Crippen LogP contribution is 2.06.